The van der Waals surface area contributed by atoms with Crippen LogP contribution in [-0.4, -0.2) is 15.0 Å². The van der Waals surface area contributed by atoms with Crippen LogP contribution in [0.2, 0.25) is 0 Å². The molecule has 0 aliphatic carbocycles. The van der Waals surface area contributed by atoms with E-state index in [0.29, 0.717) is 17.5 Å². The van der Waals surface area contributed by atoms with E-state index >= 15 is 0 Å². The van der Waals surface area contributed by atoms with E-state index < -0.39 is 0 Å². The average molecular weight is 594 g/mol. The molecule has 212 valence electrons. The third-order valence-electron chi connectivity index (χ3n) is 7.99. The number of rotatable bonds is 6. The van der Waals surface area contributed by atoms with Gasteiger partial charge in [0.15, 0.2) is 17.5 Å². The van der Waals surface area contributed by atoms with Crippen molar-refractivity contribution in [3.05, 3.63) is 164 Å². The summed E-state index contributed by atoms with van der Waals surface area (Å²) in [5.41, 5.74) is 7.65. The molecule has 0 amide bonds. The normalized spacial score (nSPS) is 11.1. The quantitative estimate of drug-likeness (QED) is 0.192. The first-order chi connectivity index (χ1) is 22.3. The molecule has 0 aliphatic rings. The first-order valence-electron chi connectivity index (χ1n) is 15.0. The molecular formula is C41H27N3S. The topological polar surface area (TPSA) is 38.7 Å². The molecule has 2 heterocycles. The highest BCUT2D eigenvalue weighted by Crippen LogP contribution is 2.48. The summed E-state index contributed by atoms with van der Waals surface area (Å²) >= 11 is 1.83. The van der Waals surface area contributed by atoms with E-state index in [1.165, 1.54) is 37.2 Å². The van der Waals surface area contributed by atoms with Crippen molar-refractivity contribution in [3.63, 3.8) is 0 Å². The predicted octanol–water partition coefficient (Wildman–Crippen LogP) is 11.1. The minimum Gasteiger partial charge on any atom is -0.208 e. The standard InChI is InChI=1S/C41H27N3S/c1-4-16-28(17-5-1)31-22-10-11-23-32(31)37-33-24-12-13-25-34(33)38(45-37)35-26-14-15-27-36(35)41-43-39(29-18-6-2-7-19-29)42-40(44-41)30-20-8-3-9-21-30/h1-27H. The summed E-state index contributed by atoms with van der Waals surface area (Å²) in [7, 11) is 0. The molecule has 0 spiro atoms. The summed E-state index contributed by atoms with van der Waals surface area (Å²) in [6.07, 6.45) is 0. The van der Waals surface area contributed by atoms with E-state index in [0.717, 1.165) is 22.3 Å². The Morgan fingerprint density at radius 1 is 0.289 bits per heavy atom. The van der Waals surface area contributed by atoms with Crippen LogP contribution < -0.4 is 0 Å². The van der Waals surface area contributed by atoms with E-state index in [1.807, 2.05) is 72.0 Å². The number of hydrogen-bond acceptors (Lipinski definition) is 4. The van der Waals surface area contributed by atoms with Crippen molar-refractivity contribution in [1.29, 1.82) is 0 Å². The van der Waals surface area contributed by atoms with Crippen LogP contribution >= 0.6 is 11.3 Å². The van der Waals surface area contributed by atoms with Gasteiger partial charge in [-0.25, -0.2) is 15.0 Å². The lowest BCUT2D eigenvalue weighted by atomic mass is 9.96. The second-order valence-electron chi connectivity index (χ2n) is 10.8. The molecule has 0 unspecified atom stereocenters. The summed E-state index contributed by atoms with van der Waals surface area (Å²) in [6, 6.07) is 56.8. The summed E-state index contributed by atoms with van der Waals surface area (Å²) < 4.78 is 0. The minimum absolute atomic E-state index is 0.655. The molecule has 0 aliphatic heterocycles. The zero-order valence-electron chi connectivity index (χ0n) is 24.3. The Bertz CT molecular complexity index is 2200. The second-order valence-corrected chi connectivity index (χ2v) is 11.8. The molecule has 4 heteroatoms. The SMILES string of the molecule is c1ccc(-c2nc(-c3ccccc3)nc(-c3ccccc3-c3sc(-c4ccccc4-c4ccccc4)c4ccccc34)n2)cc1. The smallest absolute Gasteiger partial charge is 0.164 e. The molecule has 6 aromatic carbocycles. The van der Waals surface area contributed by atoms with Gasteiger partial charge in [-0.05, 0) is 11.1 Å². The van der Waals surface area contributed by atoms with Crippen LogP contribution in [0.3, 0.4) is 0 Å². The third kappa shape index (κ3) is 5.12. The average Bonchev–Trinajstić information content (AvgIpc) is 3.52. The van der Waals surface area contributed by atoms with Gasteiger partial charge >= 0.3 is 0 Å². The Hall–Kier alpha value is -5.71. The Morgan fingerprint density at radius 3 is 1.16 bits per heavy atom. The van der Waals surface area contributed by atoms with Gasteiger partial charge in [0.2, 0.25) is 0 Å². The maximum Gasteiger partial charge on any atom is 0.164 e. The van der Waals surface area contributed by atoms with Crippen LogP contribution in [0.1, 0.15) is 0 Å². The van der Waals surface area contributed by atoms with Gasteiger partial charge in [-0.1, -0.05) is 164 Å². The fraction of sp³-hybridized carbons (Fsp3) is 0. The molecule has 0 atom stereocenters. The molecule has 0 saturated heterocycles. The summed E-state index contributed by atoms with van der Waals surface area (Å²) in [4.78, 5) is 17.5. The number of benzene rings is 6. The molecule has 8 rings (SSSR count). The van der Waals surface area contributed by atoms with Crippen molar-refractivity contribution in [2.75, 3.05) is 0 Å². The minimum atomic E-state index is 0.655. The highest BCUT2D eigenvalue weighted by atomic mass is 32.1. The lowest BCUT2D eigenvalue weighted by Crippen LogP contribution is -2.00. The van der Waals surface area contributed by atoms with Crippen LogP contribution in [0.15, 0.2) is 164 Å². The Morgan fingerprint density at radius 2 is 0.644 bits per heavy atom. The fourth-order valence-corrected chi connectivity index (χ4v) is 7.20. The van der Waals surface area contributed by atoms with Gasteiger partial charge in [-0.3, -0.25) is 0 Å². The van der Waals surface area contributed by atoms with Crippen molar-refractivity contribution in [3.8, 4) is 66.2 Å². The van der Waals surface area contributed by atoms with Crippen LogP contribution in [0.4, 0.5) is 0 Å². The van der Waals surface area contributed by atoms with E-state index in [-0.39, 0.29) is 0 Å². The van der Waals surface area contributed by atoms with Crippen molar-refractivity contribution in [1.82, 2.24) is 15.0 Å². The van der Waals surface area contributed by atoms with Crippen molar-refractivity contribution in [2.45, 2.75) is 0 Å². The Balaban J connectivity index is 1.34. The number of fused-ring (bicyclic) bond motifs is 1. The van der Waals surface area contributed by atoms with Gasteiger partial charge in [0, 0.05) is 48.3 Å². The van der Waals surface area contributed by atoms with Gasteiger partial charge in [0.1, 0.15) is 0 Å². The predicted molar refractivity (Wildman–Crippen MR) is 188 cm³/mol. The van der Waals surface area contributed by atoms with Crippen LogP contribution in [0.5, 0.6) is 0 Å². The van der Waals surface area contributed by atoms with Crippen molar-refractivity contribution in [2.24, 2.45) is 0 Å². The van der Waals surface area contributed by atoms with Gasteiger partial charge in [0.25, 0.3) is 0 Å². The molecule has 3 nitrogen and oxygen atoms in total. The van der Waals surface area contributed by atoms with E-state index in [4.69, 9.17) is 15.0 Å². The van der Waals surface area contributed by atoms with Gasteiger partial charge < -0.3 is 0 Å². The highest BCUT2D eigenvalue weighted by molar-refractivity contribution is 7.21. The molecule has 8 aromatic rings. The zero-order chi connectivity index (χ0) is 30.0. The van der Waals surface area contributed by atoms with E-state index in [9.17, 15) is 0 Å². The number of hydrogen-bond donors (Lipinski definition) is 0. The fourth-order valence-electron chi connectivity index (χ4n) is 5.85. The number of thiophene rings is 1. The first-order valence-corrected chi connectivity index (χ1v) is 15.8. The maximum absolute atomic E-state index is 5.07. The monoisotopic (exact) mass is 593 g/mol. The molecule has 0 radical (unpaired) electrons. The first kappa shape index (κ1) is 26.9. The van der Waals surface area contributed by atoms with Gasteiger partial charge in [0.05, 0.1) is 0 Å². The van der Waals surface area contributed by atoms with E-state index in [2.05, 4.69) is 103 Å². The Labute approximate surface area is 266 Å². The zero-order valence-corrected chi connectivity index (χ0v) is 25.2. The largest absolute Gasteiger partial charge is 0.208 e. The third-order valence-corrected chi connectivity index (χ3v) is 9.28. The summed E-state index contributed by atoms with van der Waals surface area (Å²) in [5.74, 6) is 1.97. The van der Waals surface area contributed by atoms with Gasteiger partial charge in [-0.2, -0.15) is 0 Å². The lowest BCUT2D eigenvalue weighted by molar-refractivity contribution is 1.07. The van der Waals surface area contributed by atoms with Crippen LogP contribution in [0, 0.1) is 0 Å². The maximum atomic E-state index is 5.07. The Kier molecular flexibility index (Phi) is 7.02. The molecule has 0 bridgehead atoms. The van der Waals surface area contributed by atoms with Crippen molar-refractivity contribution >= 4 is 22.1 Å². The molecular weight excluding hydrogens is 567 g/mol. The van der Waals surface area contributed by atoms with Crippen molar-refractivity contribution < 1.29 is 0 Å². The summed E-state index contributed by atoms with van der Waals surface area (Å²) in [5, 5.41) is 2.45. The molecule has 45 heavy (non-hydrogen) atoms. The highest BCUT2D eigenvalue weighted by Gasteiger charge is 2.21. The second kappa shape index (κ2) is 11.8. The van der Waals surface area contributed by atoms with E-state index in [1.54, 1.807) is 0 Å². The number of nitrogens with zero attached hydrogens (tertiary/aromatic N) is 3. The van der Waals surface area contributed by atoms with Crippen LogP contribution in [-0.2, 0) is 0 Å². The van der Waals surface area contributed by atoms with Crippen LogP contribution in [0.25, 0.3) is 76.9 Å². The lowest BCUT2D eigenvalue weighted by Gasteiger charge is -2.11. The molecule has 2 aromatic heterocycles. The molecule has 0 N–H and O–H groups in total. The molecule has 0 fully saturated rings. The number of aromatic nitrogens is 3. The molecule has 0 saturated carbocycles. The van der Waals surface area contributed by atoms with Gasteiger partial charge in [-0.15, -0.1) is 11.3 Å². The summed E-state index contributed by atoms with van der Waals surface area (Å²) in [6.45, 7) is 0.